The largest absolute Gasteiger partial charge is 0.438 e. The highest BCUT2D eigenvalue weighted by Gasteiger charge is 2.41. The second-order valence-corrected chi connectivity index (χ2v) is 6.22. The number of amides is 1. The minimum Gasteiger partial charge on any atom is -0.438 e. The van der Waals surface area contributed by atoms with Crippen LogP contribution >= 0.6 is 0 Å². The summed E-state index contributed by atoms with van der Waals surface area (Å²) in [6, 6.07) is -0.693. The molecule has 9 nitrogen and oxygen atoms in total. The number of oxazole rings is 1. The van der Waals surface area contributed by atoms with Crippen LogP contribution in [-0.4, -0.2) is 49.1 Å². The van der Waals surface area contributed by atoms with E-state index in [-0.39, 0.29) is 24.6 Å². The second kappa shape index (κ2) is 5.75. The number of aryl methyl sites for hydroxylation is 1. The monoisotopic (exact) mass is 334 g/mol. The van der Waals surface area contributed by atoms with Crippen molar-refractivity contribution in [2.75, 3.05) is 13.1 Å². The summed E-state index contributed by atoms with van der Waals surface area (Å²) in [5.41, 5.74) is -1.94. The fourth-order valence-corrected chi connectivity index (χ4v) is 2.89. The van der Waals surface area contributed by atoms with Crippen molar-refractivity contribution in [3.05, 3.63) is 50.9 Å². The number of likely N-dealkylation sites (tertiary alicyclic amines) is 1. The first-order chi connectivity index (χ1) is 11.3. The van der Waals surface area contributed by atoms with Crippen LogP contribution in [0.4, 0.5) is 0 Å². The average Bonchev–Trinajstić information content (AvgIpc) is 3.05. The van der Waals surface area contributed by atoms with E-state index in [0.717, 1.165) is 0 Å². The van der Waals surface area contributed by atoms with Crippen LogP contribution in [0.1, 0.15) is 35.5 Å². The summed E-state index contributed by atoms with van der Waals surface area (Å²) < 4.78 is 6.29. The molecule has 1 aliphatic heterocycles. The van der Waals surface area contributed by atoms with Gasteiger partial charge < -0.3 is 14.4 Å². The van der Waals surface area contributed by atoms with Gasteiger partial charge in [-0.2, -0.15) is 0 Å². The maximum absolute atomic E-state index is 12.4. The van der Waals surface area contributed by atoms with Crippen LogP contribution in [0.25, 0.3) is 0 Å². The predicted octanol–water partition coefficient (Wildman–Crippen LogP) is -0.329. The number of H-pyrrole nitrogens is 1. The Morgan fingerprint density at radius 1 is 1.50 bits per heavy atom. The molecule has 0 radical (unpaired) electrons. The maximum Gasteiger partial charge on any atom is 0.328 e. The van der Waals surface area contributed by atoms with Gasteiger partial charge in [0.1, 0.15) is 0 Å². The van der Waals surface area contributed by atoms with Crippen molar-refractivity contribution in [2.45, 2.75) is 31.9 Å². The van der Waals surface area contributed by atoms with E-state index in [2.05, 4.69) is 9.97 Å². The van der Waals surface area contributed by atoms with Gasteiger partial charge in [-0.3, -0.25) is 19.1 Å². The molecule has 0 aromatic carbocycles. The Morgan fingerprint density at radius 2 is 2.25 bits per heavy atom. The van der Waals surface area contributed by atoms with Gasteiger partial charge in [0.05, 0.1) is 17.8 Å². The van der Waals surface area contributed by atoms with E-state index < -0.39 is 22.9 Å². The fraction of sp³-hybridized carbons (Fsp3) is 0.467. The third-order valence-electron chi connectivity index (χ3n) is 4.41. The molecule has 1 fully saturated rings. The van der Waals surface area contributed by atoms with Crippen molar-refractivity contribution < 1.29 is 14.3 Å². The molecule has 2 aromatic rings. The lowest BCUT2D eigenvalue weighted by Gasteiger charge is -2.42. The summed E-state index contributed by atoms with van der Waals surface area (Å²) in [4.78, 5) is 43.6. The van der Waals surface area contributed by atoms with Gasteiger partial charge in [-0.15, -0.1) is 0 Å². The molecule has 2 N–H and O–H groups in total. The maximum atomic E-state index is 12.4. The molecule has 0 spiro atoms. The van der Waals surface area contributed by atoms with E-state index in [4.69, 9.17) is 4.42 Å². The molecule has 1 amide bonds. The zero-order chi connectivity index (χ0) is 17.5. The normalized spacial score (nSPS) is 24.1. The summed E-state index contributed by atoms with van der Waals surface area (Å²) in [6.45, 7) is 3.61. The van der Waals surface area contributed by atoms with E-state index in [9.17, 15) is 19.5 Å². The lowest BCUT2D eigenvalue weighted by molar-refractivity contribution is -0.0465. The van der Waals surface area contributed by atoms with Gasteiger partial charge in [0.2, 0.25) is 5.76 Å². The van der Waals surface area contributed by atoms with Crippen molar-refractivity contribution in [3.63, 3.8) is 0 Å². The van der Waals surface area contributed by atoms with E-state index in [1.54, 1.807) is 13.8 Å². The Morgan fingerprint density at radius 3 is 2.92 bits per heavy atom. The van der Waals surface area contributed by atoms with Crippen molar-refractivity contribution in [3.8, 4) is 0 Å². The van der Waals surface area contributed by atoms with Gasteiger partial charge in [0.15, 0.2) is 6.39 Å². The highest BCUT2D eigenvalue weighted by atomic mass is 16.3. The molecule has 2 aromatic heterocycles. The number of aromatic amines is 1. The summed E-state index contributed by atoms with van der Waals surface area (Å²) in [6.07, 6.45) is 4.17. The number of hydrogen-bond donors (Lipinski definition) is 2. The average molecular weight is 334 g/mol. The number of nitrogens with zero attached hydrogens (tertiary/aromatic N) is 3. The topological polar surface area (TPSA) is 121 Å². The molecule has 3 heterocycles. The van der Waals surface area contributed by atoms with E-state index >= 15 is 0 Å². The number of carbonyl (C=O) groups is 1. The van der Waals surface area contributed by atoms with Gasteiger partial charge in [-0.25, -0.2) is 9.78 Å². The standard InChI is InChI=1S/C15H18N4O5/c1-9-6-19(14(22)17-12(9)20)11-7-18(4-3-15(11,2)23)13(21)10-5-16-8-24-10/h5-6,8,11,23H,3-4,7H2,1-2H3,(H,17,20,22)/t11-,15-/m1/s1. The minimum absolute atomic E-state index is 0.0975. The Labute approximate surface area is 136 Å². The third-order valence-corrected chi connectivity index (χ3v) is 4.41. The van der Waals surface area contributed by atoms with Crippen LogP contribution in [0.2, 0.25) is 0 Å². The van der Waals surface area contributed by atoms with Crippen LogP contribution in [0.3, 0.4) is 0 Å². The van der Waals surface area contributed by atoms with Crippen molar-refractivity contribution >= 4 is 5.91 Å². The molecule has 24 heavy (non-hydrogen) atoms. The Balaban J connectivity index is 1.96. The summed E-state index contributed by atoms with van der Waals surface area (Å²) in [5.74, 6) is -0.262. The van der Waals surface area contributed by atoms with Gasteiger partial charge >= 0.3 is 5.69 Å². The number of aromatic nitrogens is 3. The molecule has 0 unspecified atom stereocenters. The van der Waals surface area contributed by atoms with Crippen LogP contribution < -0.4 is 11.2 Å². The number of hydrogen-bond acceptors (Lipinski definition) is 6. The van der Waals surface area contributed by atoms with Crippen molar-refractivity contribution in [1.29, 1.82) is 0 Å². The summed E-state index contributed by atoms with van der Waals surface area (Å²) in [5, 5.41) is 10.7. The first-order valence-corrected chi connectivity index (χ1v) is 7.52. The molecular weight excluding hydrogens is 316 g/mol. The van der Waals surface area contributed by atoms with Gasteiger partial charge in [-0.05, 0) is 20.3 Å². The molecular formula is C15H18N4O5. The molecule has 9 heteroatoms. The van der Waals surface area contributed by atoms with E-state index in [0.29, 0.717) is 12.1 Å². The number of aliphatic hydroxyl groups is 1. The lowest BCUT2D eigenvalue weighted by Crippen LogP contribution is -2.55. The highest BCUT2D eigenvalue weighted by molar-refractivity contribution is 5.91. The van der Waals surface area contributed by atoms with Crippen LogP contribution in [0.15, 0.2) is 32.8 Å². The molecule has 3 rings (SSSR count). The quantitative estimate of drug-likeness (QED) is 0.776. The van der Waals surface area contributed by atoms with Crippen molar-refractivity contribution in [1.82, 2.24) is 19.4 Å². The zero-order valence-corrected chi connectivity index (χ0v) is 13.4. The molecule has 0 saturated carbocycles. The molecule has 1 saturated heterocycles. The number of nitrogens with one attached hydrogen (secondary N) is 1. The highest BCUT2D eigenvalue weighted by Crippen LogP contribution is 2.31. The fourth-order valence-electron chi connectivity index (χ4n) is 2.89. The Kier molecular flexibility index (Phi) is 3.88. The Hall–Kier alpha value is -2.68. The van der Waals surface area contributed by atoms with Crippen LogP contribution in [0, 0.1) is 6.92 Å². The second-order valence-electron chi connectivity index (χ2n) is 6.22. The van der Waals surface area contributed by atoms with E-state index in [1.165, 1.54) is 28.3 Å². The Bertz CT molecular complexity index is 865. The first-order valence-electron chi connectivity index (χ1n) is 7.52. The van der Waals surface area contributed by atoms with Gasteiger partial charge in [0, 0.05) is 24.8 Å². The first kappa shape index (κ1) is 16.2. The van der Waals surface area contributed by atoms with Crippen molar-refractivity contribution in [2.24, 2.45) is 0 Å². The number of rotatable bonds is 2. The lowest BCUT2D eigenvalue weighted by atomic mass is 9.88. The molecule has 1 aliphatic rings. The smallest absolute Gasteiger partial charge is 0.328 e. The zero-order valence-electron chi connectivity index (χ0n) is 13.4. The van der Waals surface area contributed by atoms with Crippen LogP contribution in [-0.2, 0) is 0 Å². The summed E-state index contributed by atoms with van der Waals surface area (Å²) in [7, 11) is 0. The molecule has 0 bridgehead atoms. The molecule has 2 atom stereocenters. The summed E-state index contributed by atoms with van der Waals surface area (Å²) >= 11 is 0. The third kappa shape index (κ3) is 2.78. The predicted molar refractivity (Wildman–Crippen MR) is 82.7 cm³/mol. The van der Waals surface area contributed by atoms with E-state index in [1.807, 2.05) is 0 Å². The van der Waals surface area contributed by atoms with Gasteiger partial charge in [-0.1, -0.05) is 0 Å². The SMILES string of the molecule is Cc1cn([C@@H]2CN(C(=O)c3cnco3)CC[C@@]2(C)O)c(=O)[nH]c1=O. The number of piperidine rings is 1. The minimum atomic E-state index is -1.20. The van der Waals surface area contributed by atoms with Crippen LogP contribution in [0.5, 0.6) is 0 Å². The number of carbonyl (C=O) groups excluding carboxylic acids is 1. The van der Waals surface area contributed by atoms with Gasteiger partial charge in [0.25, 0.3) is 11.5 Å². The molecule has 0 aliphatic carbocycles. The molecule has 128 valence electrons.